The molecule has 0 spiro atoms. The van der Waals surface area contributed by atoms with E-state index in [1.165, 1.54) is 6.33 Å². The lowest BCUT2D eigenvalue weighted by Crippen LogP contribution is -2.48. The summed E-state index contributed by atoms with van der Waals surface area (Å²) in [6.45, 7) is 1.85. The van der Waals surface area contributed by atoms with Crippen molar-refractivity contribution >= 4 is 22.6 Å². The first kappa shape index (κ1) is 14.4. The second kappa shape index (κ2) is 5.00. The number of nitrogens with one attached hydrogen (secondary N) is 2. The van der Waals surface area contributed by atoms with Crippen LogP contribution in [0.1, 0.15) is 19.8 Å². The molecule has 5 rings (SSSR count). The molecule has 4 heterocycles. The van der Waals surface area contributed by atoms with Gasteiger partial charge >= 0.3 is 0 Å². The van der Waals surface area contributed by atoms with Crippen LogP contribution in [0.25, 0.3) is 27.8 Å². The van der Waals surface area contributed by atoms with E-state index in [9.17, 15) is 5.11 Å². The Bertz CT molecular complexity index is 1070. The molecule has 1 aliphatic carbocycles. The lowest BCUT2D eigenvalue weighted by atomic mass is 9.77. The van der Waals surface area contributed by atoms with Gasteiger partial charge in [0, 0.05) is 41.1 Å². The lowest BCUT2D eigenvalue weighted by Gasteiger charge is -2.41. The zero-order valence-corrected chi connectivity index (χ0v) is 13.6. The number of nitrogens with zero attached hydrogens (tertiary/aromatic N) is 5. The minimum atomic E-state index is -0.568. The summed E-state index contributed by atoms with van der Waals surface area (Å²) < 4.78 is 1.74. The predicted octanol–water partition coefficient (Wildman–Crippen LogP) is 1.99. The van der Waals surface area contributed by atoms with Crippen LogP contribution in [0.5, 0.6) is 0 Å². The third-order valence-electron chi connectivity index (χ3n) is 4.72. The zero-order valence-electron chi connectivity index (χ0n) is 13.6. The van der Waals surface area contributed by atoms with Gasteiger partial charge in [-0.2, -0.15) is 10.1 Å². The number of hydrogen-bond acceptors (Lipinski definition) is 6. The van der Waals surface area contributed by atoms with Crippen LogP contribution in [0, 0.1) is 0 Å². The number of fused-ring (bicyclic) bond motifs is 2. The molecule has 4 aromatic rings. The quantitative estimate of drug-likeness (QED) is 0.529. The normalized spacial score (nSPS) is 23.0. The van der Waals surface area contributed by atoms with E-state index in [1.807, 2.05) is 37.6 Å². The van der Waals surface area contributed by atoms with Gasteiger partial charge in [-0.15, -0.1) is 0 Å². The van der Waals surface area contributed by atoms with E-state index in [2.05, 4.69) is 30.4 Å². The Labute approximate surface area is 143 Å². The van der Waals surface area contributed by atoms with Crippen molar-refractivity contribution in [3.8, 4) is 11.1 Å². The van der Waals surface area contributed by atoms with Crippen LogP contribution in [-0.2, 0) is 0 Å². The van der Waals surface area contributed by atoms with Crippen molar-refractivity contribution in [3.63, 3.8) is 0 Å². The van der Waals surface area contributed by atoms with Crippen LogP contribution in [0.15, 0.2) is 37.1 Å². The number of H-pyrrole nitrogens is 1. The molecule has 0 aromatic carbocycles. The van der Waals surface area contributed by atoms with Gasteiger partial charge in [-0.3, -0.25) is 0 Å². The Morgan fingerprint density at radius 2 is 2.20 bits per heavy atom. The summed E-state index contributed by atoms with van der Waals surface area (Å²) in [5.74, 6) is 0.577. The highest BCUT2D eigenvalue weighted by Crippen LogP contribution is 2.33. The fraction of sp³-hybridized carbons (Fsp3) is 0.294. The molecular weight excluding hydrogens is 318 g/mol. The van der Waals surface area contributed by atoms with Crippen molar-refractivity contribution < 1.29 is 5.11 Å². The van der Waals surface area contributed by atoms with Gasteiger partial charge in [0.15, 0.2) is 5.65 Å². The number of aromatic amines is 1. The van der Waals surface area contributed by atoms with E-state index in [0.29, 0.717) is 18.8 Å². The summed E-state index contributed by atoms with van der Waals surface area (Å²) in [4.78, 5) is 16.3. The molecule has 25 heavy (non-hydrogen) atoms. The fourth-order valence-corrected chi connectivity index (χ4v) is 3.48. The molecule has 4 aromatic heterocycles. The highest BCUT2D eigenvalue weighted by molar-refractivity contribution is 5.93. The summed E-state index contributed by atoms with van der Waals surface area (Å²) >= 11 is 0. The van der Waals surface area contributed by atoms with Gasteiger partial charge < -0.3 is 15.4 Å². The first-order valence-corrected chi connectivity index (χ1v) is 8.20. The first-order chi connectivity index (χ1) is 12.1. The summed E-state index contributed by atoms with van der Waals surface area (Å²) in [5.41, 5.74) is 3.05. The van der Waals surface area contributed by atoms with Crippen molar-refractivity contribution in [1.82, 2.24) is 29.5 Å². The third kappa shape index (κ3) is 2.42. The van der Waals surface area contributed by atoms with E-state index in [1.54, 1.807) is 4.52 Å². The maximum Gasteiger partial charge on any atom is 0.224 e. The number of pyridine rings is 1. The number of aromatic nitrogens is 6. The molecule has 0 radical (unpaired) electrons. The third-order valence-corrected chi connectivity index (χ3v) is 4.72. The maximum absolute atomic E-state index is 9.82. The molecule has 0 unspecified atom stereocenters. The molecule has 3 N–H and O–H groups in total. The molecule has 8 heteroatoms. The maximum atomic E-state index is 9.82. The van der Waals surface area contributed by atoms with E-state index in [0.717, 1.165) is 27.8 Å². The summed E-state index contributed by atoms with van der Waals surface area (Å²) in [5, 5.41) is 18.2. The number of aliphatic hydroxyl groups is 1. The van der Waals surface area contributed by atoms with E-state index >= 15 is 0 Å². The van der Waals surface area contributed by atoms with Crippen molar-refractivity contribution in [1.29, 1.82) is 0 Å². The smallest absolute Gasteiger partial charge is 0.224 e. The van der Waals surface area contributed by atoms with Gasteiger partial charge in [0.1, 0.15) is 12.0 Å². The molecular formula is C17H17N7O. The average Bonchev–Trinajstić information content (AvgIpc) is 3.18. The highest BCUT2D eigenvalue weighted by atomic mass is 16.3. The van der Waals surface area contributed by atoms with Crippen LogP contribution in [0.4, 0.5) is 5.95 Å². The van der Waals surface area contributed by atoms with Gasteiger partial charge in [-0.05, 0) is 31.9 Å². The molecule has 1 aliphatic rings. The topological polar surface area (TPSA) is 104 Å². The monoisotopic (exact) mass is 335 g/mol. The van der Waals surface area contributed by atoms with E-state index < -0.39 is 5.60 Å². The Morgan fingerprint density at radius 3 is 3.04 bits per heavy atom. The lowest BCUT2D eigenvalue weighted by molar-refractivity contribution is -0.0235. The molecule has 0 aliphatic heterocycles. The van der Waals surface area contributed by atoms with Crippen LogP contribution in [0.3, 0.4) is 0 Å². The number of rotatable bonds is 3. The number of hydrogen-bond donors (Lipinski definition) is 3. The Balaban J connectivity index is 1.46. The SMILES string of the molecule is C[C@]1(O)C[C@H](Nc2ncc3c(-c4ccc5ncnn5c4)c[nH]c3n2)C1. The number of anilines is 1. The van der Waals surface area contributed by atoms with Crippen LogP contribution < -0.4 is 5.32 Å². The minimum Gasteiger partial charge on any atom is -0.390 e. The summed E-state index contributed by atoms with van der Waals surface area (Å²) in [6.07, 6.45) is 8.64. The van der Waals surface area contributed by atoms with Crippen LogP contribution >= 0.6 is 0 Å². The molecule has 126 valence electrons. The van der Waals surface area contributed by atoms with Gasteiger partial charge in [0.05, 0.1) is 5.60 Å². The molecule has 8 nitrogen and oxygen atoms in total. The highest BCUT2D eigenvalue weighted by Gasteiger charge is 2.38. The molecule has 0 amide bonds. The molecule has 1 saturated carbocycles. The molecule has 1 fully saturated rings. The second-order valence-electron chi connectivity index (χ2n) is 6.89. The van der Waals surface area contributed by atoms with Gasteiger partial charge in [0.25, 0.3) is 0 Å². The van der Waals surface area contributed by atoms with Crippen molar-refractivity contribution in [2.75, 3.05) is 5.32 Å². The zero-order chi connectivity index (χ0) is 17.0. The average molecular weight is 335 g/mol. The van der Waals surface area contributed by atoms with Gasteiger partial charge in [-0.25, -0.2) is 14.5 Å². The molecule has 0 saturated heterocycles. The standard InChI is InChI=1S/C17H17N7O/c1-17(25)4-11(5-17)22-16-19-7-13-12(6-18-15(13)23-16)10-2-3-14-20-9-21-24(14)8-10/h2-3,6-9,11,25H,4-5H2,1H3,(H2,18,19,22,23)/t11-,17-. The molecule has 0 atom stereocenters. The Kier molecular flexibility index (Phi) is 2.87. The van der Waals surface area contributed by atoms with Crippen LogP contribution in [0.2, 0.25) is 0 Å². The van der Waals surface area contributed by atoms with Crippen molar-refractivity contribution in [2.45, 2.75) is 31.4 Å². The van der Waals surface area contributed by atoms with Gasteiger partial charge in [-0.1, -0.05) is 0 Å². The Hall–Kier alpha value is -3.00. The first-order valence-electron chi connectivity index (χ1n) is 8.20. The summed E-state index contributed by atoms with van der Waals surface area (Å²) in [7, 11) is 0. The largest absolute Gasteiger partial charge is 0.390 e. The van der Waals surface area contributed by atoms with E-state index in [-0.39, 0.29) is 6.04 Å². The predicted molar refractivity (Wildman–Crippen MR) is 93.1 cm³/mol. The Morgan fingerprint density at radius 1 is 1.32 bits per heavy atom. The minimum absolute atomic E-state index is 0.219. The second-order valence-corrected chi connectivity index (χ2v) is 6.89. The van der Waals surface area contributed by atoms with Gasteiger partial charge in [0.2, 0.25) is 5.95 Å². The fourth-order valence-electron chi connectivity index (χ4n) is 3.48. The molecule has 0 bridgehead atoms. The van der Waals surface area contributed by atoms with Crippen molar-refractivity contribution in [2.24, 2.45) is 0 Å². The van der Waals surface area contributed by atoms with E-state index in [4.69, 9.17) is 0 Å². The summed E-state index contributed by atoms with van der Waals surface area (Å²) in [6, 6.07) is 4.16. The van der Waals surface area contributed by atoms with Crippen LogP contribution in [-0.4, -0.2) is 46.3 Å². The van der Waals surface area contributed by atoms with Crippen molar-refractivity contribution in [3.05, 3.63) is 37.1 Å².